The Morgan fingerprint density at radius 1 is 1.07 bits per heavy atom. The Morgan fingerprint density at radius 3 is 2.36 bits per heavy atom. The highest BCUT2D eigenvalue weighted by atomic mass is 32.2. The minimum absolute atomic E-state index is 0.0687. The van der Waals surface area contributed by atoms with Crippen LogP contribution in [-0.2, 0) is 41.3 Å². The van der Waals surface area contributed by atoms with Crippen molar-refractivity contribution in [1.29, 1.82) is 0 Å². The predicted molar refractivity (Wildman–Crippen MR) is 90.9 cm³/mol. The van der Waals surface area contributed by atoms with Crippen LogP contribution in [0.3, 0.4) is 0 Å². The van der Waals surface area contributed by atoms with Crippen LogP contribution in [0.5, 0.6) is 0 Å². The Labute approximate surface area is 158 Å². The molecule has 3 rings (SSSR count). The van der Waals surface area contributed by atoms with E-state index in [-0.39, 0.29) is 24.2 Å². The molecule has 0 radical (unpaired) electrons. The number of alkyl halides is 3. The highest BCUT2D eigenvalue weighted by Gasteiger charge is 2.39. The van der Waals surface area contributed by atoms with E-state index in [1.807, 2.05) is 0 Å². The van der Waals surface area contributed by atoms with Gasteiger partial charge in [-0.05, 0) is 43.4 Å². The molecular formula is C17H18F5N3O2S. The molecule has 0 unspecified atom stereocenters. The fourth-order valence-electron chi connectivity index (χ4n) is 3.36. The molecule has 0 bridgehead atoms. The molecule has 1 aromatic heterocycles. The summed E-state index contributed by atoms with van der Waals surface area (Å²) >= 11 is 0. The summed E-state index contributed by atoms with van der Waals surface area (Å²) in [7, 11) is -3.93. The van der Waals surface area contributed by atoms with Gasteiger partial charge in [0.2, 0.25) is 10.0 Å². The maximum absolute atomic E-state index is 13.2. The standard InChI is InChI=1S/C17H18F5N3O2S/c18-12-7-11(8-13(19)9-12)10-28(26,27)23-5-6-25-15-4-2-1-3-14(15)16(24-25)17(20,21)22/h7-9,23H,1-6,10H2. The quantitative estimate of drug-likeness (QED) is 0.726. The number of nitrogens with zero attached hydrogens (tertiary/aromatic N) is 2. The lowest BCUT2D eigenvalue weighted by atomic mass is 9.95. The lowest BCUT2D eigenvalue weighted by Crippen LogP contribution is -2.29. The molecule has 28 heavy (non-hydrogen) atoms. The molecule has 0 spiro atoms. The van der Waals surface area contributed by atoms with Gasteiger partial charge in [0.1, 0.15) is 11.6 Å². The lowest BCUT2D eigenvalue weighted by molar-refractivity contribution is -0.142. The molecule has 0 atom stereocenters. The number of fused-ring (bicyclic) bond motifs is 1. The molecular weight excluding hydrogens is 405 g/mol. The zero-order valence-electron chi connectivity index (χ0n) is 14.7. The van der Waals surface area contributed by atoms with E-state index >= 15 is 0 Å². The van der Waals surface area contributed by atoms with Crippen molar-refractivity contribution in [2.45, 2.75) is 44.2 Å². The predicted octanol–water partition coefficient (Wildman–Crippen LogP) is 3.18. The van der Waals surface area contributed by atoms with Gasteiger partial charge in [-0.15, -0.1) is 0 Å². The number of hydrogen-bond donors (Lipinski definition) is 1. The van der Waals surface area contributed by atoms with E-state index in [1.165, 1.54) is 4.68 Å². The van der Waals surface area contributed by atoms with Crippen LogP contribution in [0.2, 0.25) is 0 Å². The average Bonchev–Trinajstić information content (AvgIpc) is 2.92. The number of halogens is 5. The van der Waals surface area contributed by atoms with Crippen LogP contribution >= 0.6 is 0 Å². The first kappa shape index (κ1) is 20.7. The van der Waals surface area contributed by atoms with Gasteiger partial charge in [0, 0.05) is 23.9 Å². The second kappa shape index (κ2) is 7.78. The van der Waals surface area contributed by atoms with E-state index in [0.29, 0.717) is 31.0 Å². The van der Waals surface area contributed by atoms with Crippen molar-refractivity contribution in [3.63, 3.8) is 0 Å². The third-order valence-electron chi connectivity index (χ3n) is 4.45. The maximum atomic E-state index is 13.2. The summed E-state index contributed by atoms with van der Waals surface area (Å²) < 4.78 is 93.5. The molecule has 5 nitrogen and oxygen atoms in total. The molecule has 0 saturated carbocycles. The van der Waals surface area contributed by atoms with E-state index in [4.69, 9.17) is 0 Å². The van der Waals surface area contributed by atoms with E-state index in [9.17, 15) is 30.4 Å². The van der Waals surface area contributed by atoms with E-state index in [0.717, 1.165) is 18.6 Å². The molecule has 1 heterocycles. The number of sulfonamides is 1. The Bertz CT molecular complexity index is 950. The SMILES string of the molecule is O=S(=O)(Cc1cc(F)cc(F)c1)NCCn1nc(C(F)(F)F)c2c1CCCC2. The summed E-state index contributed by atoms with van der Waals surface area (Å²) in [4.78, 5) is 0. The van der Waals surface area contributed by atoms with E-state index in [2.05, 4.69) is 9.82 Å². The first-order valence-corrected chi connectivity index (χ1v) is 10.3. The number of hydrogen-bond acceptors (Lipinski definition) is 3. The smallest absolute Gasteiger partial charge is 0.267 e. The van der Waals surface area contributed by atoms with Crippen molar-refractivity contribution in [3.8, 4) is 0 Å². The molecule has 1 N–H and O–H groups in total. The largest absolute Gasteiger partial charge is 0.435 e. The Balaban J connectivity index is 1.68. The minimum Gasteiger partial charge on any atom is -0.267 e. The van der Waals surface area contributed by atoms with E-state index < -0.39 is 39.3 Å². The Morgan fingerprint density at radius 2 is 1.71 bits per heavy atom. The number of nitrogens with one attached hydrogen (secondary N) is 1. The van der Waals surface area contributed by atoms with Gasteiger partial charge in [-0.1, -0.05) is 0 Å². The third-order valence-corrected chi connectivity index (χ3v) is 5.81. The van der Waals surface area contributed by atoms with Crippen LogP contribution in [-0.4, -0.2) is 24.7 Å². The van der Waals surface area contributed by atoms with Crippen LogP contribution < -0.4 is 4.72 Å². The van der Waals surface area contributed by atoms with Gasteiger partial charge in [0.25, 0.3) is 0 Å². The second-order valence-corrected chi connectivity index (χ2v) is 8.44. The normalized spacial score (nSPS) is 14.9. The van der Waals surface area contributed by atoms with Crippen molar-refractivity contribution in [1.82, 2.24) is 14.5 Å². The average molecular weight is 423 g/mol. The van der Waals surface area contributed by atoms with Crippen molar-refractivity contribution < 1.29 is 30.4 Å². The van der Waals surface area contributed by atoms with Crippen LogP contribution in [0.4, 0.5) is 22.0 Å². The fraction of sp³-hybridized carbons (Fsp3) is 0.471. The van der Waals surface area contributed by atoms with Crippen LogP contribution in [0.1, 0.15) is 35.4 Å². The zero-order valence-corrected chi connectivity index (χ0v) is 15.5. The zero-order chi connectivity index (χ0) is 20.5. The molecule has 1 aliphatic carbocycles. The van der Waals surface area contributed by atoms with Gasteiger partial charge in [-0.2, -0.15) is 18.3 Å². The molecule has 11 heteroatoms. The first-order valence-electron chi connectivity index (χ1n) is 8.63. The summed E-state index contributed by atoms with van der Waals surface area (Å²) in [6.07, 6.45) is -2.42. The summed E-state index contributed by atoms with van der Waals surface area (Å²) in [5, 5.41) is 3.65. The summed E-state index contributed by atoms with van der Waals surface area (Å²) in [5.74, 6) is -2.44. The highest BCUT2D eigenvalue weighted by Crippen LogP contribution is 2.35. The number of benzene rings is 1. The molecule has 1 aromatic carbocycles. The molecule has 0 fully saturated rings. The van der Waals surface area contributed by atoms with Gasteiger partial charge in [-0.3, -0.25) is 4.68 Å². The molecule has 0 saturated heterocycles. The van der Waals surface area contributed by atoms with Gasteiger partial charge in [0.15, 0.2) is 5.69 Å². The fourth-order valence-corrected chi connectivity index (χ4v) is 4.47. The first-order chi connectivity index (χ1) is 13.0. The van der Waals surface area contributed by atoms with E-state index in [1.54, 1.807) is 0 Å². The van der Waals surface area contributed by atoms with Crippen molar-refractivity contribution in [2.75, 3.05) is 6.54 Å². The topological polar surface area (TPSA) is 64.0 Å². The number of rotatable bonds is 6. The van der Waals surface area contributed by atoms with Crippen LogP contribution in [0.25, 0.3) is 0 Å². The van der Waals surface area contributed by atoms with Crippen molar-refractivity contribution in [2.24, 2.45) is 0 Å². The Hall–Kier alpha value is -2.01. The monoisotopic (exact) mass is 423 g/mol. The van der Waals surface area contributed by atoms with Gasteiger partial charge in [-0.25, -0.2) is 21.9 Å². The molecule has 0 amide bonds. The van der Waals surface area contributed by atoms with Crippen molar-refractivity contribution >= 4 is 10.0 Å². The second-order valence-electron chi connectivity index (χ2n) is 6.63. The summed E-state index contributed by atoms with van der Waals surface area (Å²) in [5.41, 5.74) is -0.331. The van der Waals surface area contributed by atoms with Gasteiger partial charge < -0.3 is 0 Å². The molecule has 0 aliphatic heterocycles. The molecule has 1 aliphatic rings. The maximum Gasteiger partial charge on any atom is 0.435 e. The van der Waals surface area contributed by atoms with Crippen LogP contribution in [0, 0.1) is 11.6 Å². The third kappa shape index (κ3) is 4.88. The minimum atomic E-state index is -4.56. The Kier molecular flexibility index (Phi) is 5.76. The lowest BCUT2D eigenvalue weighted by Gasteiger charge is -2.15. The van der Waals surface area contributed by atoms with Gasteiger partial charge >= 0.3 is 6.18 Å². The summed E-state index contributed by atoms with van der Waals surface area (Å²) in [6.45, 7) is -0.263. The number of aromatic nitrogens is 2. The molecule has 154 valence electrons. The highest BCUT2D eigenvalue weighted by molar-refractivity contribution is 7.88. The van der Waals surface area contributed by atoms with Crippen molar-refractivity contribution in [3.05, 3.63) is 52.3 Å². The summed E-state index contributed by atoms with van der Waals surface area (Å²) in [6, 6.07) is 2.44. The van der Waals surface area contributed by atoms with Crippen LogP contribution in [0.15, 0.2) is 18.2 Å². The molecule has 2 aromatic rings. The van der Waals surface area contributed by atoms with Gasteiger partial charge in [0.05, 0.1) is 12.3 Å².